The van der Waals surface area contributed by atoms with E-state index in [9.17, 15) is 9.59 Å². The number of amides is 1. The number of carbonyl (C=O) groups is 2. The summed E-state index contributed by atoms with van der Waals surface area (Å²) in [7, 11) is 4.42. The molecule has 0 saturated carbocycles. The van der Waals surface area contributed by atoms with Gasteiger partial charge in [-0.2, -0.15) is 5.10 Å². The fraction of sp³-hybridized carbons (Fsp3) is 0.450. The molecule has 0 aliphatic rings. The third kappa shape index (κ3) is 5.35. The molecule has 1 amide bonds. The minimum atomic E-state index is -0.715. The lowest BCUT2D eigenvalue weighted by Crippen LogP contribution is -2.21. The molecule has 1 N–H and O–H groups in total. The number of nitrogens with one attached hydrogen (secondary N) is 1. The second-order valence-corrected chi connectivity index (χ2v) is 7.22. The number of benzene rings is 1. The molecule has 164 valence electrons. The molecule has 1 heterocycles. The van der Waals surface area contributed by atoms with Gasteiger partial charge in [-0.1, -0.05) is 25.4 Å². The Morgan fingerprint density at radius 3 is 2.23 bits per heavy atom. The van der Waals surface area contributed by atoms with Crippen molar-refractivity contribution in [1.82, 2.24) is 9.78 Å². The van der Waals surface area contributed by atoms with Gasteiger partial charge in [-0.15, -0.1) is 0 Å². The first-order valence-electron chi connectivity index (χ1n) is 9.21. The Morgan fingerprint density at radius 1 is 1.13 bits per heavy atom. The second-order valence-electron chi connectivity index (χ2n) is 6.87. The zero-order chi connectivity index (χ0) is 22.4. The summed E-state index contributed by atoms with van der Waals surface area (Å²) < 4.78 is 22.4. The zero-order valence-electron chi connectivity index (χ0n) is 17.9. The lowest BCUT2D eigenvalue weighted by atomic mass is 10.2. The van der Waals surface area contributed by atoms with Gasteiger partial charge in [0.25, 0.3) is 5.91 Å². The molecule has 10 heteroatoms. The van der Waals surface area contributed by atoms with E-state index in [1.165, 1.54) is 21.3 Å². The molecule has 30 heavy (non-hydrogen) atoms. The van der Waals surface area contributed by atoms with E-state index >= 15 is 0 Å². The molecule has 9 nitrogen and oxygen atoms in total. The van der Waals surface area contributed by atoms with Gasteiger partial charge in [0.2, 0.25) is 5.75 Å². The number of rotatable bonds is 9. The first-order chi connectivity index (χ1) is 14.2. The van der Waals surface area contributed by atoms with E-state index in [1.54, 1.807) is 23.7 Å². The summed E-state index contributed by atoms with van der Waals surface area (Å²) in [4.78, 5) is 24.7. The Kier molecular flexibility index (Phi) is 7.93. The Bertz CT molecular complexity index is 901. The molecule has 0 aliphatic heterocycles. The molecule has 0 bridgehead atoms. The lowest BCUT2D eigenvalue weighted by molar-refractivity contribution is -0.119. The third-order valence-corrected chi connectivity index (χ3v) is 4.47. The molecule has 0 radical (unpaired) electrons. The Labute approximate surface area is 180 Å². The van der Waals surface area contributed by atoms with Gasteiger partial charge in [-0.25, -0.2) is 4.79 Å². The van der Waals surface area contributed by atoms with Crippen molar-refractivity contribution in [2.75, 3.05) is 33.3 Å². The number of halogens is 1. The molecule has 0 atom stereocenters. The number of methoxy groups -OCH3 is 3. The van der Waals surface area contributed by atoms with Crippen LogP contribution in [0.25, 0.3) is 0 Å². The Hall–Kier alpha value is -2.94. The predicted molar refractivity (Wildman–Crippen MR) is 112 cm³/mol. The highest BCUT2D eigenvalue weighted by molar-refractivity contribution is 6.32. The highest BCUT2D eigenvalue weighted by atomic mass is 35.5. The number of aromatic nitrogens is 2. The maximum absolute atomic E-state index is 12.4. The highest BCUT2D eigenvalue weighted by Gasteiger charge is 2.23. The summed E-state index contributed by atoms with van der Waals surface area (Å²) in [5.74, 6) is 0.199. The van der Waals surface area contributed by atoms with E-state index in [-0.39, 0.29) is 10.7 Å². The van der Waals surface area contributed by atoms with Crippen LogP contribution in [0.5, 0.6) is 17.2 Å². The summed E-state index contributed by atoms with van der Waals surface area (Å²) in [6.45, 7) is 5.75. The fourth-order valence-corrected chi connectivity index (χ4v) is 3.13. The van der Waals surface area contributed by atoms with Crippen LogP contribution >= 0.6 is 11.6 Å². The van der Waals surface area contributed by atoms with Gasteiger partial charge in [0, 0.05) is 24.4 Å². The maximum atomic E-state index is 12.4. The van der Waals surface area contributed by atoms with E-state index in [4.69, 9.17) is 30.5 Å². The average molecular weight is 440 g/mol. The zero-order valence-corrected chi connectivity index (χ0v) is 18.6. The SMILES string of the molecule is COc1cc(NC(=O)COC(=O)c2c(C)nn(CC(C)C)c2Cl)cc(OC)c1OC. The number of nitrogens with zero attached hydrogens (tertiary/aromatic N) is 2. The summed E-state index contributed by atoms with van der Waals surface area (Å²) >= 11 is 6.27. The maximum Gasteiger partial charge on any atom is 0.343 e. The van der Waals surface area contributed by atoms with Gasteiger partial charge < -0.3 is 24.3 Å². The van der Waals surface area contributed by atoms with Crippen LogP contribution in [0.2, 0.25) is 5.15 Å². The van der Waals surface area contributed by atoms with Gasteiger partial charge in [0.1, 0.15) is 10.7 Å². The van der Waals surface area contributed by atoms with Crippen molar-refractivity contribution in [1.29, 1.82) is 0 Å². The van der Waals surface area contributed by atoms with Crippen LogP contribution in [-0.2, 0) is 16.1 Å². The first-order valence-corrected chi connectivity index (χ1v) is 9.59. The van der Waals surface area contributed by atoms with Crippen molar-refractivity contribution in [2.45, 2.75) is 27.3 Å². The normalized spacial score (nSPS) is 10.7. The van der Waals surface area contributed by atoms with E-state index in [0.717, 1.165) is 0 Å². The number of hydrogen-bond acceptors (Lipinski definition) is 7. The molecule has 0 saturated heterocycles. The standard InChI is InChI=1S/C20H26ClN3O6/c1-11(2)9-24-19(21)17(12(3)23-24)20(26)30-10-16(25)22-13-7-14(27-4)18(29-6)15(8-13)28-5/h7-8,11H,9-10H2,1-6H3,(H,22,25). The summed E-state index contributed by atoms with van der Waals surface area (Å²) in [5.41, 5.74) is 0.984. The fourth-order valence-electron chi connectivity index (χ4n) is 2.81. The van der Waals surface area contributed by atoms with Gasteiger partial charge in [-0.3, -0.25) is 9.48 Å². The molecule has 0 aliphatic carbocycles. The number of hydrogen-bond donors (Lipinski definition) is 1. The number of ether oxygens (including phenoxy) is 4. The molecular formula is C20H26ClN3O6. The average Bonchev–Trinajstić information content (AvgIpc) is 2.97. The largest absolute Gasteiger partial charge is 0.493 e. The minimum Gasteiger partial charge on any atom is -0.493 e. The monoisotopic (exact) mass is 439 g/mol. The smallest absolute Gasteiger partial charge is 0.343 e. The molecular weight excluding hydrogens is 414 g/mol. The van der Waals surface area contributed by atoms with Crippen LogP contribution in [0.15, 0.2) is 12.1 Å². The van der Waals surface area contributed by atoms with Gasteiger partial charge in [0.15, 0.2) is 18.1 Å². The van der Waals surface area contributed by atoms with Crippen LogP contribution < -0.4 is 19.5 Å². The topological polar surface area (TPSA) is 101 Å². The van der Waals surface area contributed by atoms with Crippen molar-refractivity contribution < 1.29 is 28.5 Å². The molecule has 1 aromatic carbocycles. The third-order valence-electron chi connectivity index (χ3n) is 4.09. The summed E-state index contributed by atoms with van der Waals surface area (Å²) in [6.07, 6.45) is 0. The van der Waals surface area contributed by atoms with E-state index in [1.807, 2.05) is 13.8 Å². The van der Waals surface area contributed by atoms with Gasteiger partial charge in [0.05, 0.1) is 27.0 Å². The van der Waals surface area contributed by atoms with Crippen molar-refractivity contribution in [2.24, 2.45) is 5.92 Å². The van der Waals surface area contributed by atoms with E-state index in [0.29, 0.717) is 41.1 Å². The number of esters is 1. The lowest BCUT2D eigenvalue weighted by Gasteiger charge is -2.14. The van der Waals surface area contributed by atoms with Crippen LogP contribution in [0.1, 0.15) is 29.9 Å². The highest BCUT2D eigenvalue weighted by Crippen LogP contribution is 2.39. The number of aryl methyl sites for hydroxylation is 1. The Morgan fingerprint density at radius 2 is 1.73 bits per heavy atom. The first kappa shape index (κ1) is 23.3. The van der Waals surface area contributed by atoms with Crippen molar-refractivity contribution in [3.05, 3.63) is 28.5 Å². The molecule has 0 unspecified atom stereocenters. The Balaban J connectivity index is 2.07. The molecule has 0 fully saturated rings. The molecule has 0 spiro atoms. The predicted octanol–water partition coefficient (Wildman–Crippen LogP) is 3.32. The van der Waals surface area contributed by atoms with Crippen molar-refractivity contribution >= 4 is 29.2 Å². The van der Waals surface area contributed by atoms with E-state index < -0.39 is 18.5 Å². The van der Waals surface area contributed by atoms with Crippen LogP contribution in [0, 0.1) is 12.8 Å². The summed E-state index contributed by atoms with van der Waals surface area (Å²) in [6, 6.07) is 3.13. The minimum absolute atomic E-state index is 0.151. The number of carbonyl (C=O) groups excluding carboxylic acids is 2. The number of anilines is 1. The van der Waals surface area contributed by atoms with Crippen molar-refractivity contribution in [3.8, 4) is 17.2 Å². The summed E-state index contributed by atoms with van der Waals surface area (Å²) in [5, 5.41) is 7.08. The van der Waals surface area contributed by atoms with Crippen LogP contribution in [0.3, 0.4) is 0 Å². The van der Waals surface area contributed by atoms with Gasteiger partial charge >= 0.3 is 5.97 Å². The van der Waals surface area contributed by atoms with Crippen LogP contribution in [0.4, 0.5) is 5.69 Å². The molecule has 2 rings (SSSR count). The quantitative estimate of drug-likeness (QED) is 0.598. The van der Waals surface area contributed by atoms with Crippen LogP contribution in [-0.4, -0.2) is 49.6 Å². The second kappa shape index (κ2) is 10.2. The van der Waals surface area contributed by atoms with E-state index in [2.05, 4.69) is 10.4 Å². The van der Waals surface area contributed by atoms with Crippen molar-refractivity contribution in [3.63, 3.8) is 0 Å². The molecule has 1 aromatic heterocycles. The molecule has 2 aromatic rings. The van der Waals surface area contributed by atoms with Gasteiger partial charge in [-0.05, 0) is 12.8 Å².